The van der Waals surface area contributed by atoms with Gasteiger partial charge in [0.25, 0.3) is 5.91 Å². The van der Waals surface area contributed by atoms with E-state index in [1.54, 1.807) is 0 Å². The van der Waals surface area contributed by atoms with Crippen LogP contribution in [0.2, 0.25) is 0 Å². The van der Waals surface area contributed by atoms with Gasteiger partial charge in [0.05, 0.1) is 18.0 Å². The number of aryl methyl sites for hydroxylation is 1. The highest BCUT2D eigenvalue weighted by Gasteiger charge is 2.35. The Morgan fingerprint density at radius 3 is 2.44 bits per heavy atom. The number of hydrogen-bond donors (Lipinski definition) is 0. The third-order valence-corrected chi connectivity index (χ3v) is 6.56. The molecule has 32 heavy (non-hydrogen) atoms. The van der Waals surface area contributed by atoms with Crippen molar-refractivity contribution < 1.29 is 4.79 Å². The van der Waals surface area contributed by atoms with Crippen molar-refractivity contribution in [3.05, 3.63) is 95.6 Å². The zero-order valence-electron chi connectivity index (χ0n) is 18.6. The van der Waals surface area contributed by atoms with Crippen LogP contribution >= 0.6 is 0 Å². The summed E-state index contributed by atoms with van der Waals surface area (Å²) in [5.74, 6) is 0.716. The Kier molecular flexibility index (Phi) is 5.87. The van der Waals surface area contributed by atoms with Crippen molar-refractivity contribution in [3.8, 4) is 0 Å². The normalized spacial score (nSPS) is 18.3. The van der Waals surface area contributed by atoms with E-state index in [0.29, 0.717) is 18.3 Å². The van der Waals surface area contributed by atoms with Gasteiger partial charge < -0.3 is 0 Å². The van der Waals surface area contributed by atoms with Crippen molar-refractivity contribution >= 4 is 23.0 Å². The smallest absolute Gasteiger partial charge is 0.278 e. The number of piperidine rings is 1. The largest absolute Gasteiger partial charge is 0.293 e. The van der Waals surface area contributed by atoms with Gasteiger partial charge in [-0.1, -0.05) is 60.7 Å². The molecule has 0 saturated carbocycles. The van der Waals surface area contributed by atoms with E-state index in [0.717, 1.165) is 42.0 Å². The average molecular weight is 424 g/mol. The van der Waals surface area contributed by atoms with Crippen LogP contribution in [-0.2, 0) is 11.2 Å². The second kappa shape index (κ2) is 9.09. The van der Waals surface area contributed by atoms with Crippen LogP contribution < -0.4 is 4.90 Å². The molecule has 0 aliphatic carbocycles. The minimum absolute atomic E-state index is 0.000819. The molecular formula is C28H29N3O. The molecule has 1 fully saturated rings. The van der Waals surface area contributed by atoms with Crippen molar-refractivity contribution in [3.63, 3.8) is 0 Å². The number of likely N-dealkylation sites (tertiary alicyclic amines) is 1. The van der Waals surface area contributed by atoms with Crippen molar-refractivity contribution in [1.29, 1.82) is 0 Å². The predicted octanol–water partition coefficient (Wildman–Crippen LogP) is 5.37. The Morgan fingerprint density at radius 1 is 0.906 bits per heavy atom. The molecule has 3 aromatic rings. The molecule has 4 heteroatoms. The van der Waals surface area contributed by atoms with E-state index in [4.69, 9.17) is 4.99 Å². The van der Waals surface area contributed by atoms with Crippen LogP contribution in [0.1, 0.15) is 29.5 Å². The number of para-hydroxylation sites is 1. The van der Waals surface area contributed by atoms with Crippen molar-refractivity contribution in [2.24, 2.45) is 10.9 Å². The lowest BCUT2D eigenvalue weighted by atomic mass is 9.90. The fraction of sp³-hybridized carbons (Fsp3) is 0.286. The van der Waals surface area contributed by atoms with E-state index in [1.807, 2.05) is 60.4 Å². The van der Waals surface area contributed by atoms with Crippen LogP contribution in [-0.4, -0.2) is 36.3 Å². The molecule has 4 nitrogen and oxygen atoms in total. The molecule has 2 aliphatic heterocycles. The number of rotatable bonds is 5. The monoisotopic (exact) mass is 423 g/mol. The molecule has 3 aromatic carbocycles. The van der Waals surface area contributed by atoms with E-state index < -0.39 is 0 Å². The van der Waals surface area contributed by atoms with Crippen LogP contribution in [0.25, 0.3) is 0 Å². The van der Waals surface area contributed by atoms with Gasteiger partial charge in [-0.2, -0.15) is 0 Å². The Morgan fingerprint density at radius 2 is 1.66 bits per heavy atom. The van der Waals surface area contributed by atoms with Gasteiger partial charge in [-0.05, 0) is 61.4 Å². The summed E-state index contributed by atoms with van der Waals surface area (Å²) in [7, 11) is 0. The maximum absolute atomic E-state index is 13.4. The number of anilines is 1. The molecule has 0 aromatic heterocycles. The highest BCUT2D eigenvalue weighted by Crippen LogP contribution is 2.32. The molecule has 2 aliphatic rings. The fourth-order valence-corrected chi connectivity index (χ4v) is 4.82. The molecule has 2 heterocycles. The molecule has 0 spiro atoms. The van der Waals surface area contributed by atoms with Crippen LogP contribution in [0.5, 0.6) is 0 Å². The lowest BCUT2D eigenvalue weighted by Crippen LogP contribution is -2.44. The van der Waals surface area contributed by atoms with Gasteiger partial charge in [0, 0.05) is 18.7 Å². The number of fused-ring (bicyclic) bond motifs is 1. The minimum Gasteiger partial charge on any atom is -0.293 e. The average Bonchev–Trinajstić information content (AvgIpc) is 3.07. The third kappa shape index (κ3) is 4.37. The number of nitrogens with zero attached hydrogens (tertiary/aromatic N) is 3. The number of carbonyl (C=O) groups is 1. The van der Waals surface area contributed by atoms with Crippen LogP contribution in [0.3, 0.4) is 0 Å². The number of aliphatic imine (C=N–C) groups is 1. The summed E-state index contributed by atoms with van der Waals surface area (Å²) in [6.45, 7) is 4.71. The van der Waals surface area contributed by atoms with E-state index in [2.05, 4.69) is 35.2 Å². The molecule has 0 bridgehead atoms. The van der Waals surface area contributed by atoms with Gasteiger partial charge in [-0.25, -0.2) is 4.99 Å². The molecule has 1 amide bonds. The van der Waals surface area contributed by atoms with E-state index in [1.165, 1.54) is 18.4 Å². The van der Waals surface area contributed by atoms with Gasteiger partial charge in [0.1, 0.15) is 5.71 Å². The van der Waals surface area contributed by atoms with Gasteiger partial charge in [-0.3, -0.25) is 14.6 Å². The van der Waals surface area contributed by atoms with Crippen molar-refractivity contribution in [1.82, 2.24) is 4.90 Å². The highest BCUT2D eigenvalue weighted by atomic mass is 16.2. The summed E-state index contributed by atoms with van der Waals surface area (Å²) >= 11 is 0. The van der Waals surface area contributed by atoms with Crippen LogP contribution in [0.4, 0.5) is 11.4 Å². The Hall–Kier alpha value is -3.24. The number of amides is 1. The zero-order valence-corrected chi connectivity index (χ0v) is 18.6. The first-order chi connectivity index (χ1) is 15.7. The second-order valence-electron chi connectivity index (χ2n) is 8.94. The summed E-state index contributed by atoms with van der Waals surface area (Å²) < 4.78 is 0. The number of carbonyl (C=O) groups excluding carboxylic acids is 1. The van der Waals surface area contributed by atoms with Crippen molar-refractivity contribution in [2.75, 3.05) is 24.7 Å². The molecular weight excluding hydrogens is 394 g/mol. The van der Waals surface area contributed by atoms with Gasteiger partial charge in [-0.15, -0.1) is 0 Å². The molecule has 0 N–H and O–H groups in total. The molecule has 0 radical (unpaired) electrons. The van der Waals surface area contributed by atoms with E-state index in [-0.39, 0.29) is 5.91 Å². The molecule has 0 atom stereocenters. The second-order valence-corrected chi connectivity index (χ2v) is 8.94. The summed E-state index contributed by atoms with van der Waals surface area (Å²) in [6, 6.07) is 26.8. The van der Waals surface area contributed by atoms with Gasteiger partial charge >= 0.3 is 0 Å². The standard InChI is InChI=1S/C28H29N3O/c1-21-8-7-11-24(18-21)29-27-25-12-5-6-13-26(25)31(28(27)32)20-30-16-14-23(15-17-30)19-22-9-3-2-4-10-22/h2-13,18,23H,14-17,19-20H2,1H3. The van der Waals surface area contributed by atoms with Crippen molar-refractivity contribution in [2.45, 2.75) is 26.2 Å². The first kappa shape index (κ1) is 20.7. The Bertz CT molecular complexity index is 1130. The van der Waals surface area contributed by atoms with Gasteiger partial charge in [0.15, 0.2) is 0 Å². The lowest BCUT2D eigenvalue weighted by molar-refractivity contribution is -0.112. The van der Waals surface area contributed by atoms with E-state index in [9.17, 15) is 4.79 Å². The van der Waals surface area contributed by atoms with Crippen LogP contribution in [0.15, 0.2) is 83.9 Å². The number of benzene rings is 3. The topological polar surface area (TPSA) is 35.9 Å². The predicted molar refractivity (Wildman–Crippen MR) is 131 cm³/mol. The summed E-state index contributed by atoms with van der Waals surface area (Å²) in [4.78, 5) is 22.5. The van der Waals surface area contributed by atoms with E-state index >= 15 is 0 Å². The summed E-state index contributed by atoms with van der Waals surface area (Å²) in [5.41, 5.74) is 5.83. The molecule has 162 valence electrons. The first-order valence-electron chi connectivity index (χ1n) is 11.5. The molecule has 1 saturated heterocycles. The quantitative estimate of drug-likeness (QED) is 0.553. The summed E-state index contributed by atoms with van der Waals surface area (Å²) in [6.07, 6.45) is 3.49. The van der Waals surface area contributed by atoms with Crippen LogP contribution in [0, 0.1) is 12.8 Å². The number of hydrogen-bond acceptors (Lipinski definition) is 3. The third-order valence-electron chi connectivity index (χ3n) is 6.56. The SMILES string of the molecule is Cc1cccc(N=C2C(=O)N(CN3CCC(Cc4ccccc4)CC3)c3ccccc32)c1. The molecule has 5 rings (SSSR count). The maximum atomic E-state index is 13.4. The maximum Gasteiger partial charge on any atom is 0.278 e. The first-order valence-corrected chi connectivity index (χ1v) is 11.5. The molecule has 0 unspecified atom stereocenters. The lowest BCUT2D eigenvalue weighted by Gasteiger charge is -2.34. The fourth-order valence-electron chi connectivity index (χ4n) is 4.82. The van der Waals surface area contributed by atoms with Gasteiger partial charge in [0.2, 0.25) is 0 Å². The highest BCUT2D eigenvalue weighted by molar-refractivity contribution is 6.54. The Balaban J connectivity index is 1.29. The summed E-state index contributed by atoms with van der Waals surface area (Å²) in [5, 5.41) is 0. The minimum atomic E-state index is -0.000819. The Labute approximate surface area is 190 Å². The zero-order chi connectivity index (χ0) is 21.9.